The van der Waals surface area contributed by atoms with E-state index in [1.807, 2.05) is 27.7 Å². The van der Waals surface area contributed by atoms with Crippen LogP contribution in [0.4, 0.5) is 0 Å². The highest BCUT2D eigenvalue weighted by atomic mass is 16.6. The maximum absolute atomic E-state index is 11.9. The highest BCUT2D eigenvalue weighted by Gasteiger charge is 2.11. The van der Waals surface area contributed by atoms with E-state index in [9.17, 15) is 9.59 Å². The smallest absolute Gasteiger partial charge is 0.331 e. The Morgan fingerprint density at radius 1 is 0.486 bits per heavy atom. The van der Waals surface area contributed by atoms with E-state index < -0.39 is 0 Å². The fraction of sp³-hybridized carbons (Fsp3) is 0.962. The molecule has 0 aromatic carbocycles. The summed E-state index contributed by atoms with van der Waals surface area (Å²) in [6, 6.07) is 0. The zero-order valence-electron chi connectivity index (χ0n) is 47.3. The third-order valence-corrected chi connectivity index (χ3v) is 11.0. The summed E-state index contributed by atoms with van der Waals surface area (Å²) in [5.74, 6) is -0.451. The quantitative estimate of drug-likeness (QED) is 0.0103. The van der Waals surface area contributed by atoms with Crippen molar-refractivity contribution in [2.24, 2.45) is 16.6 Å². The van der Waals surface area contributed by atoms with Gasteiger partial charge in [-0.2, -0.15) is 0 Å². The van der Waals surface area contributed by atoms with Gasteiger partial charge in [-0.05, 0) is 163 Å². The predicted molar refractivity (Wildman–Crippen MR) is 296 cm³/mol. The van der Waals surface area contributed by atoms with E-state index in [0.29, 0.717) is 39.5 Å². The van der Waals surface area contributed by atoms with Crippen molar-refractivity contribution < 1.29 is 42.7 Å². The number of azide groups is 1. The fourth-order valence-electron chi connectivity index (χ4n) is 6.51. The zero-order chi connectivity index (χ0) is 53.6. The van der Waals surface area contributed by atoms with E-state index >= 15 is 0 Å². The van der Waals surface area contributed by atoms with Gasteiger partial charge in [-0.25, -0.2) is 4.79 Å². The van der Waals surface area contributed by atoms with Gasteiger partial charge < -0.3 is 71.2 Å². The molecule has 4 atom stereocenters. The minimum Gasteiger partial charge on any atom is -0.467 e. The molecule has 0 saturated heterocycles. The minimum absolute atomic E-state index is 0.0277. The van der Waals surface area contributed by atoms with Crippen molar-refractivity contribution in [3.63, 3.8) is 0 Å². The Morgan fingerprint density at radius 2 is 0.875 bits per heavy atom. The molecule has 0 fully saturated rings. The van der Waals surface area contributed by atoms with Crippen LogP contribution in [0.25, 0.3) is 10.4 Å². The van der Waals surface area contributed by atoms with E-state index in [4.69, 9.17) is 45.4 Å². The molecule has 430 valence electrons. The first kappa shape index (κ1) is 74.0. The monoisotopic (exact) mass is 1030 g/mol. The number of esters is 1. The number of ether oxygens (including phenoxy) is 7. The van der Waals surface area contributed by atoms with Crippen LogP contribution in [-0.4, -0.2) is 175 Å². The van der Waals surface area contributed by atoms with Crippen LogP contribution < -0.4 is 38.1 Å². The summed E-state index contributed by atoms with van der Waals surface area (Å²) in [4.78, 5) is 25.6. The molecular formula is C53H114N10O9. The topological polar surface area (TPSA) is 260 Å². The lowest BCUT2D eigenvalue weighted by molar-refractivity contribution is -0.149. The molecule has 9 N–H and O–H groups in total. The molecule has 0 aliphatic carbocycles. The molecule has 0 aromatic rings. The van der Waals surface area contributed by atoms with Gasteiger partial charge in [0.2, 0.25) is 5.91 Å². The summed E-state index contributed by atoms with van der Waals surface area (Å²) in [6.07, 6.45) is 23.6. The van der Waals surface area contributed by atoms with E-state index in [1.165, 1.54) is 90.6 Å². The van der Waals surface area contributed by atoms with Crippen molar-refractivity contribution in [2.75, 3.05) is 139 Å². The second kappa shape index (κ2) is 64.9. The molecular weight excluding hydrogens is 921 g/mol. The fourth-order valence-corrected chi connectivity index (χ4v) is 6.51. The largest absolute Gasteiger partial charge is 0.467 e. The third kappa shape index (κ3) is 67.8. The maximum Gasteiger partial charge on any atom is 0.331 e. The number of unbranched alkanes of at least 4 members (excludes halogenated alkanes) is 12. The SMILES string of the molecule is CCCCCCCCOCC(C)OCC(C)OCC(=O)NCCCNCCCCNCCCN.CCCCCCCCOCC(C)OCC(C)OCC(=O)OC.[N-]=[N+]=NCCCNCCCCNCCCN. The molecule has 0 aliphatic rings. The Bertz CT molecular complexity index is 1130. The molecule has 19 nitrogen and oxygen atoms in total. The lowest BCUT2D eigenvalue weighted by atomic mass is 10.1. The van der Waals surface area contributed by atoms with Crippen LogP contribution in [0.5, 0.6) is 0 Å². The van der Waals surface area contributed by atoms with Gasteiger partial charge in [0.1, 0.15) is 13.2 Å². The first-order valence-corrected chi connectivity index (χ1v) is 28.3. The maximum atomic E-state index is 11.9. The second-order valence-corrected chi connectivity index (χ2v) is 18.5. The van der Waals surface area contributed by atoms with Crippen molar-refractivity contribution in [1.29, 1.82) is 0 Å². The highest BCUT2D eigenvalue weighted by Crippen LogP contribution is 2.07. The molecule has 0 saturated carbocycles. The van der Waals surface area contributed by atoms with Crippen LogP contribution in [0.2, 0.25) is 0 Å². The molecule has 19 heteroatoms. The number of nitrogens with one attached hydrogen (secondary N) is 5. The lowest BCUT2D eigenvalue weighted by Gasteiger charge is -2.18. The van der Waals surface area contributed by atoms with Gasteiger partial charge in [-0.15, -0.1) is 0 Å². The zero-order valence-corrected chi connectivity index (χ0v) is 47.3. The van der Waals surface area contributed by atoms with E-state index in [-0.39, 0.29) is 49.5 Å². The van der Waals surface area contributed by atoms with Crippen molar-refractivity contribution in [3.8, 4) is 0 Å². The summed E-state index contributed by atoms with van der Waals surface area (Å²) in [7, 11) is 1.34. The highest BCUT2D eigenvalue weighted by molar-refractivity contribution is 5.77. The van der Waals surface area contributed by atoms with E-state index in [0.717, 1.165) is 124 Å². The molecule has 0 radical (unpaired) electrons. The number of amides is 1. The Morgan fingerprint density at radius 3 is 1.31 bits per heavy atom. The van der Waals surface area contributed by atoms with Crippen LogP contribution in [0.1, 0.15) is 170 Å². The summed E-state index contributed by atoms with van der Waals surface area (Å²) in [5.41, 5.74) is 18.9. The van der Waals surface area contributed by atoms with Crippen molar-refractivity contribution in [3.05, 3.63) is 10.4 Å². The first-order valence-electron chi connectivity index (χ1n) is 28.3. The number of carbonyl (C=O) groups excluding carboxylic acids is 2. The number of nitrogens with zero attached hydrogens (tertiary/aromatic N) is 3. The third-order valence-electron chi connectivity index (χ3n) is 11.0. The van der Waals surface area contributed by atoms with Crippen LogP contribution in [0.3, 0.4) is 0 Å². The lowest BCUT2D eigenvalue weighted by Crippen LogP contribution is -2.33. The van der Waals surface area contributed by atoms with Gasteiger partial charge in [0.15, 0.2) is 0 Å². The molecule has 0 bridgehead atoms. The Balaban J connectivity index is -0.00000107. The van der Waals surface area contributed by atoms with E-state index in [1.54, 1.807) is 0 Å². The number of hydrogen-bond donors (Lipinski definition) is 7. The predicted octanol–water partition coefficient (Wildman–Crippen LogP) is 7.33. The number of nitrogens with two attached hydrogens (primary N) is 2. The molecule has 0 rings (SSSR count). The summed E-state index contributed by atoms with van der Waals surface area (Å²) in [6.45, 7) is 26.8. The second-order valence-electron chi connectivity index (χ2n) is 18.5. The molecule has 72 heavy (non-hydrogen) atoms. The molecule has 4 unspecified atom stereocenters. The number of rotatable bonds is 54. The normalized spacial score (nSPS) is 12.7. The standard InChI is InChI=1S/C26H56N4O4.C17H34O5.C10H24N6/c1-4-5-6-7-8-11-20-32-21-24(2)33-22-25(3)34-23-26(31)30-19-13-18-29-16-10-9-15-28-17-12-14-27;1-5-6-7-8-9-10-11-20-12-15(2)21-13-16(3)22-14-17(18)19-4;11-5-3-8-13-6-1-2-7-14-9-4-10-15-16-12/h24-25,28-29H,4-23,27H2,1-3H3,(H,30,31);15-16H,5-14H2,1-4H3;13-14H,1-11H2. The number of methoxy groups -OCH3 is 1. The summed E-state index contributed by atoms with van der Waals surface area (Å²) < 4.78 is 38.1. The van der Waals surface area contributed by atoms with Crippen LogP contribution in [-0.2, 0) is 42.7 Å². The Hall–Kier alpha value is -2.23. The Kier molecular flexibility index (Phi) is 66.7. The van der Waals surface area contributed by atoms with Crippen molar-refractivity contribution in [1.82, 2.24) is 26.6 Å². The first-order chi connectivity index (χ1) is 35.1. The van der Waals surface area contributed by atoms with Crippen molar-refractivity contribution >= 4 is 11.9 Å². The number of hydrogen-bond acceptors (Lipinski definition) is 16. The van der Waals surface area contributed by atoms with E-state index in [2.05, 4.69) is 55.2 Å². The molecule has 0 spiro atoms. The average molecular weight is 1040 g/mol. The van der Waals surface area contributed by atoms with Crippen LogP contribution in [0, 0.1) is 0 Å². The van der Waals surface area contributed by atoms with Gasteiger partial charge in [0, 0.05) is 31.2 Å². The summed E-state index contributed by atoms with van der Waals surface area (Å²) >= 11 is 0. The molecule has 0 heterocycles. The minimum atomic E-state index is -0.373. The van der Waals surface area contributed by atoms with Gasteiger partial charge in [0.05, 0.1) is 58.0 Å². The van der Waals surface area contributed by atoms with Gasteiger partial charge in [-0.1, -0.05) is 83.2 Å². The van der Waals surface area contributed by atoms with Gasteiger partial charge in [0.25, 0.3) is 0 Å². The van der Waals surface area contributed by atoms with Gasteiger partial charge >= 0.3 is 5.97 Å². The molecule has 0 aromatic heterocycles. The van der Waals surface area contributed by atoms with Crippen LogP contribution in [0.15, 0.2) is 5.11 Å². The summed E-state index contributed by atoms with van der Waals surface area (Å²) in [5, 5.41) is 19.8. The van der Waals surface area contributed by atoms with Crippen LogP contribution >= 0.6 is 0 Å². The Labute approximate surface area is 439 Å². The molecule has 0 aliphatic heterocycles. The number of carbonyl (C=O) groups is 2. The van der Waals surface area contributed by atoms with Crippen molar-refractivity contribution in [2.45, 2.75) is 194 Å². The molecule has 1 amide bonds. The van der Waals surface area contributed by atoms with Gasteiger partial charge in [-0.3, -0.25) is 4.79 Å². The average Bonchev–Trinajstić information content (AvgIpc) is 3.38.